The van der Waals surface area contributed by atoms with Crippen LogP contribution in [-0.2, 0) is 0 Å². The zero-order valence-corrected chi connectivity index (χ0v) is 12.8. The van der Waals surface area contributed by atoms with Gasteiger partial charge in [0, 0.05) is 17.6 Å². The van der Waals surface area contributed by atoms with Crippen molar-refractivity contribution in [2.45, 2.75) is 20.8 Å². The molecule has 0 saturated heterocycles. The fraction of sp³-hybridized carbons (Fsp3) is 0.267. The highest BCUT2D eigenvalue weighted by Gasteiger charge is 2.15. The molecule has 3 aromatic heterocycles. The molecule has 0 radical (unpaired) electrons. The molecule has 0 fully saturated rings. The van der Waals surface area contributed by atoms with E-state index in [0.717, 1.165) is 27.4 Å². The van der Waals surface area contributed by atoms with Gasteiger partial charge in [0.25, 0.3) is 0 Å². The Labute approximate surface area is 121 Å². The lowest BCUT2D eigenvalue weighted by molar-refractivity contribution is 1.14. The third kappa shape index (κ3) is 2.04. The standard InChI is InChI=1S/C15H16N4S/c1-8-6-5-7-11(17-8)13-18-14(16-4)12-9(2)10(3)20-15(12)19-13/h5-7H,1-4H3,(H,16,18,19). The number of fused-ring (bicyclic) bond motifs is 1. The summed E-state index contributed by atoms with van der Waals surface area (Å²) in [6, 6.07) is 5.90. The van der Waals surface area contributed by atoms with Gasteiger partial charge in [0.1, 0.15) is 16.3 Å². The van der Waals surface area contributed by atoms with Crippen molar-refractivity contribution in [3.8, 4) is 11.5 Å². The zero-order valence-electron chi connectivity index (χ0n) is 12.0. The molecule has 0 unspecified atom stereocenters. The number of nitrogens with one attached hydrogen (secondary N) is 1. The molecule has 4 nitrogen and oxygen atoms in total. The van der Waals surface area contributed by atoms with Crippen LogP contribution in [0, 0.1) is 20.8 Å². The minimum absolute atomic E-state index is 0.673. The number of nitrogens with zero attached hydrogens (tertiary/aromatic N) is 3. The molecule has 3 heterocycles. The fourth-order valence-corrected chi connectivity index (χ4v) is 3.24. The third-order valence-corrected chi connectivity index (χ3v) is 4.48. The lowest BCUT2D eigenvalue weighted by Gasteiger charge is -2.06. The Balaban J connectivity index is 2.28. The topological polar surface area (TPSA) is 50.7 Å². The molecule has 0 spiro atoms. The van der Waals surface area contributed by atoms with Gasteiger partial charge in [-0.1, -0.05) is 6.07 Å². The van der Waals surface area contributed by atoms with Crippen LogP contribution in [0.25, 0.3) is 21.7 Å². The van der Waals surface area contributed by atoms with Gasteiger partial charge in [-0.25, -0.2) is 15.0 Å². The molecular formula is C15H16N4S. The maximum Gasteiger partial charge on any atom is 0.181 e. The summed E-state index contributed by atoms with van der Waals surface area (Å²) in [5, 5.41) is 4.29. The minimum atomic E-state index is 0.673. The van der Waals surface area contributed by atoms with Crippen molar-refractivity contribution in [1.82, 2.24) is 15.0 Å². The van der Waals surface area contributed by atoms with E-state index in [1.54, 1.807) is 11.3 Å². The van der Waals surface area contributed by atoms with Crippen LogP contribution in [0.2, 0.25) is 0 Å². The second-order valence-electron chi connectivity index (χ2n) is 4.77. The fourth-order valence-electron chi connectivity index (χ4n) is 2.21. The summed E-state index contributed by atoms with van der Waals surface area (Å²) >= 11 is 1.70. The predicted molar refractivity (Wildman–Crippen MR) is 84.4 cm³/mol. The van der Waals surface area contributed by atoms with E-state index in [2.05, 4.69) is 34.1 Å². The van der Waals surface area contributed by atoms with Gasteiger partial charge in [0.05, 0.1) is 5.39 Å². The summed E-state index contributed by atoms with van der Waals surface area (Å²) in [5.41, 5.74) is 3.03. The Bertz CT molecular complexity index is 792. The average molecular weight is 284 g/mol. The van der Waals surface area contributed by atoms with Crippen LogP contribution < -0.4 is 5.32 Å². The number of anilines is 1. The van der Waals surface area contributed by atoms with Gasteiger partial charge in [-0.3, -0.25) is 0 Å². The molecule has 0 atom stereocenters. The van der Waals surface area contributed by atoms with Crippen LogP contribution in [0.3, 0.4) is 0 Å². The van der Waals surface area contributed by atoms with Crippen LogP contribution in [0.15, 0.2) is 18.2 Å². The molecule has 20 heavy (non-hydrogen) atoms. The van der Waals surface area contributed by atoms with Gasteiger partial charge in [-0.05, 0) is 38.5 Å². The summed E-state index contributed by atoms with van der Waals surface area (Å²) in [7, 11) is 1.89. The van der Waals surface area contributed by atoms with E-state index in [0.29, 0.717) is 5.82 Å². The van der Waals surface area contributed by atoms with Crippen LogP contribution in [0.5, 0.6) is 0 Å². The Morgan fingerprint density at radius 2 is 1.85 bits per heavy atom. The maximum atomic E-state index is 4.68. The molecule has 1 N–H and O–H groups in total. The number of thiophene rings is 1. The number of rotatable bonds is 2. The highest BCUT2D eigenvalue weighted by molar-refractivity contribution is 7.18. The van der Waals surface area contributed by atoms with E-state index < -0.39 is 0 Å². The van der Waals surface area contributed by atoms with Crippen LogP contribution >= 0.6 is 11.3 Å². The van der Waals surface area contributed by atoms with Gasteiger partial charge in [-0.2, -0.15) is 0 Å². The normalized spacial score (nSPS) is 11.0. The molecular weight excluding hydrogens is 268 g/mol. The first-order chi connectivity index (χ1) is 9.60. The summed E-state index contributed by atoms with van der Waals surface area (Å²) in [5.74, 6) is 1.54. The van der Waals surface area contributed by atoms with E-state index in [1.807, 2.05) is 32.2 Å². The second-order valence-corrected chi connectivity index (χ2v) is 5.98. The van der Waals surface area contributed by atoms with Gasteiger partial charge < -0.3 is 5.32 Å². The SMILES string of the molecule is CNc1nc(-c2cccc(C)n2)nc2sc(C)c(C)c12. The largest absolute Gasteiger partial charge is 0.372 e. The smallest absolute Gasteiger partial charge is 0.181 e. The Morgan fingerprint density at radius 3 is 2.55 bits per heavy atom. The molecule has 3 aromatic rings. The Kier molecular flexibility index (Phi) is 3.14. The molecule has 0 aliphatic heterocycles. The van der Waals surface area contributed by atoms with Crippen molar-refractivity contribution in [3.63, 3.8) is 0 Å². The van der Waals surface area contributed by atoms with E-state index in [9.17, 15) is 0 Å². The van der Waals surface area contributed by atoms with Gasteiger partial charge in [-0.15, -0.1) is 11.3 Å². The van der Waals surface area contributed by atoms with Crippen molar-refractivity contribution >= 4 is 27.4 Å². The van der Waals surface area contributed by atoms with Gasteiger partial charge in [0.15, 0.2) is 5.82 Å². The highest BCUT2D eigenvalue weighted by atomic mass is 32.1. The quantitative estimate of drug-likeness (QED) is 0.779. The number of aromatic nitrogens is 3. The van der Waals surface area contributed by atoms with Crippen LogP contribution in [0.1, 0.15) is 16.1 Å². The number of pyridine rings is 1. The molecule has 0 amide bonds. The van der Waals surface area contributed by atoms with Crippen LogP contribution in [0.4, 0.5) is 5.82 Å². The predicted octanol–water partition coefficient (Wildman–Crippen LogP) is 3.72. The van der Waals surface area contributed by atoms with Gasteiger partial charge in [0.2, 0.25) is 0 Å². The van der Waals surface area contributed by atoms with Crippen molar-refractivity contribution in [3.05, 3.63) is 34.3 Å². The van der Waals surface area contributed by atoms with E-state index in [-0.39, 0.29) is 0 Å². The first-order valence-electron chi connectivity index (χ1n) is 6.49. The molecule has 3 rings (SSSR count). The Morgan fingerprint density at radius 1 is 1.05 bits per heavy atom. The monoisotopic (exact) mass is 284 g/mol. The average Bonchev–Trinajstić information content (AvgIpc) is 2.73. The second kappa shape index (κ2) is 4.83. The van der Waals surface area contributed by atoms with Crippen molar-refractivity contribution < 1.29 is 0 Å². The summed E-state index contributed by atoms with van der Waals surface area (Å²) in [4.78, 5) is 16.1. The van der Waals surface area contributed by atoms with Gasteiger partial charge >= 0.3 is 0 Å². The number of aryl methyl sites for hydroxylation is 3. The number of hydrogen-bond acceptors (Lipinski definition) is 5. The Hall–Kier alpha value is -2.01. The molecule has 0 aliphatic carbocycles. The number of hydrogen-bond donors (Lipinski definition) is 1. The summed E-state index contributed by atoms with van der Waals surface area (Å²) < 4.78 is 0. The third-order valence-electron chi connectivity index (χ3n) is 3.38. The maximum absolute atomic E-state index is 4.68. The minimum Gasteiger partial charge on any atom is -0.372 e. The first-order valence-corrected chi connectivity index (χ1v) is 7.31. The van der Waals surface area contributed by atoms with Crippen molar-refractivity contribution in [2.24, 2.45) is 0 Å². The summed E-state index contributed by atoms with van der Waals surface area (Å²) in [6.45, 7) is 6.20. The molecule has 0 aliphatic rings. The molecule has 0 saturated carbocycles. The molecule has 5 heteroatoms. The van der Waals surface area contributed by atoms with Crippen molar-refractivity contribution in [2.75, 3.05) is 12.4 Å². The molecule has 0 bridgehead atoms. The van der Waals surface area contributed by atoms with E-state index in [4.69, 9.17) is 0 Å². The first kappa shape index (κ1) is 13.0. The van der Waals surface area contributed by atoms with E-state index >= 15 is 0 Å². The molecule has 0 aromatic carbocycles. The molecule has 102 valence electrons. The highest BCUT2D eigenvalue weighted by Crippen LogP contribution is 2.34. The summed E-state index contributed by atoms with van der Waals surface area (Å²) in [6.07, 6.45) is 0. The lowest BCUT2D eigenvalue weighted by Crippen LogP contribution is -1.99. The lowest BCUT2D eigenvalue weighted by atomic mass is 10.2. The van der Waals surface area contributed by atoms with Crippen LogP contribution in [-0.4, -0.2) is 22.0 Å². The van der Waals surface area contributed by atoms with E-state index in [1.165, 1.54) is 10.4 Å². The van der Waals surface area contributed by atoms with Crippen molar-refractivity contribution in [1.29, 1.82) is 0 Å². The zero-order chi connectivity index (χ0) is 14.3.